The average molecular weight is 433 g/mol. The van der Waals surface area contributed by atoms with Crippen molar-refractivity contribution in [1.82, 2.24) is 10.6 Å². The standard InChI is InChI=1S/C18H31N3O.HI/c1-6-19-17(21-15(2)13-22-5)20-14-18(3,4)12-16-10-8-7-9-11-16;/h7-11,15H,6,12-14H2,1-5H3,(H2,19,20,21);1H. The highest BCUT2D eigenvalue weighted by Gasteiger charge is 2.18. The quantitative estimate of drug-likeness (QED) is 0.375. The lowest BCUT2D eigenvalue weighted by Crippen LogP contribution is -2.44. The third kappa shape index (κ3) is 9.81. The van der Waals surface area contributed by atoms with Gasteiger partial charge in [-0.2, -0.15) is 0 Å². The number of nitrogens with zero attached hydrogens (tertiary/aromatic N) is 1. The predicted octanol–water partition coefficient (Wildman–Crippen LogP) is 3.46. The first-order chi connectivity index (χ1) is 10.5. The zero-order chi connectivity index (χ0) is 16.4. The van der Waals surface area contributed by atoms with Crippen LogP contribution in [-0.4, -0.2) is 38.8 Å². The van der Waals surface area contributed by atoms with E-state index >= 15 is 0 Å². The van der Waals surface area contributed by atoms with E-state index in [-0.39, 0.29) is 35.4 Å². The molecule has 0 radical (unpaired) electrons. The van der Waals surface area contributed by atoms with E-state index < -0.39 is 0 Å². The first kappa shape index (κ1) is 22.2. The number of ether oxygens (including phenoxy) is 1. The van der Waals surface area contributed by atoms with Crippen LogP contribution < -0.4 is 10.6 Å². The first-order valence-corrected chi connectivity index (χ1v) is 8.04. The molecular formula is C18H32IN3O. The van der Waals surface area contributed by atoms with Crippen LogP contribution >= 0.6 is 24.0 Å². The van der Waals surface area contributed by atoms with Gasteiger partial charge in [0, 0.05) is 26.2 Å². The molecule has 0 saturated carbocycles. The van der Waals surface area contributed by atoms with Crippen molar-refractivity contribution in [1.29, 1.82) is 0 Å². The molecule has 4 nitrogen and oxygen atoms in total. The van der Waals surface area contributed by atoms with Gasteiger partial charge in [-0.25, -0.2) is 0 Å². The highest BCUT2D eigenvalue weighted by atomic mass is 127. The SMILES string of the molecule is CCNC(=NCC(C)(C)Cc1ccccc1)NC(C)COC.I. The van der Waals surface area contributed by atoms with E-state index in [2.05, 4.69) is 68.7 Å². The summed E-state index contributed by atoms with van der Waals surface area (Å²) in [6.07, 6.45) is 1.02. The van der Waals surface area contributed by atoms with Crippen LogP contribution in [0.1, 0.15) is 33.3 Å². The Balaban J connectivity index is 0.00000484. The zero-order valence-electron chi connectivity index (χ0n) is 15.1. The predicted molar refractivity (Wildman–Crippen MR) is 110 cm³/mol. The van der Waals surface area contributed by atoms with Gasteiger partial charge in [0.2, 0.25) is 0 Å². The van der Waals surface area contributed by atoms with E-state index in [0.29, 0.717) is 6.61 Å². The lowest BCUT2D eigenvalue weighted by Gasteiger charge is -2.24. The molecule has 1 aromatic rings. The summed E-state index contributed by atoms with van der Waals surface area (Å²) in [5.74, 6) is 0.855. The molecule has 0 bridgehead atoms. The van der Waals surface area contributed by atoms with E-state index in [4.69, 9.17) is 9.73 Å². The number of rotatable bonds is 8. The second kappa shape index (κ2) is 11.7. The molecule has 0 aliphatic carbocycles. The summed E-state index contributed by atoms with van der Waals surface area (Å²) in [4.78, 5) is 4.74. The zero-order valence-corrected chi connectivity index (χ0v) is 17.4. The second-order valence-corrected chi connectivity index (χ2v) is 6.52. The molecule has 23 heavy (non-hydrogen) atoms. The number of halogens is 1. The molecule has 5 heteroatoms. The van der Waals surface area contributed by atoms with Gasteiger partial charge in [0.25, 0.3) is 0 Å². The maximum Gasteiger partial charge on any atom is 0.191 e. The Kier molecular flexibility index (Phi) is 11.3. The molecule has 132 valence electrons. The molecule has 1 atom stereocenters. The summed E-state index contributed by atoms with van der Waals surface area (Å²) in [6, 6.07) is 10.8. The fourth-order valence-electron chi connectivity index (χ4n) is 2.34. The third-order valence-corrected chi connectivity index (χ3v) is 3.33. The third-order valence-electron chi connectivity index (χ3n) is 3.33. The van der Waals surface area contributed by atoms with Crippen molar-refractivity contribution in [3.63, 3.8) is 0 Å². The van der Waals surface area contributed by atoms with E-state index in [1.54, 1.807) is 7.11 Å². The van der Waals surface area contributed by atoms with Crippen molar-refractivity contribution in [2.45, 2.75) is 40.2 Å². The van der Waals surface area contributed by atoms with E-state index in [1.165, 1.54) is 5.56 Å². The van der Waals surface area contributed by atoms with Crippen molar-refractivity contribution in [3.8, 4) is 0 Å². The van der Waals surface area contributed by atoms with Crippen LogP contribution in [0.4, 0.5) is 0 Å². The van der Waals surface area contributed by atoms with Gasteiger partial charge in [-0.1, -0.05) is 44.2 Å². The van der Waals surface area contributed by atoms with Gasteiger partial charge in [0.15, 0.2) is 5.96 Å². The Bertz CT molecular complexity index is 449. The second-order valence-electron chi connectivity index (χ2n) is 6.52. The maximum atomic E-state index is 5.16. The lowest BCUT2D eigenvalue weighted by atomic mass is 9.86. The van der Waals surface area contributed by atoms with Crippen LogP contribution in [0.2, 0.25) is 0 Å². The molecule has 0 fully saturated rings. The monoisotopic (exact) mass is 433 g/mol. The normalized spacial score (nSPS) is 13.2. The van der Waals surface area contributed by atoms with Gasteiger partial charge in [0.05, 0.1) is 6.61 Å². The van der Waals surface area contributed by atoms with Crippen LogP contribution in [0.3, 0.4) is 0 Å². The van der Waals surface area contributed by atoms with E-state index in [1.807, 2.05) is 0 Å². The molecule has 1 aromatic carbocycles. The number of methoxy groups -OCH3 is 1. The number of aliphatic imine (C=N–C) groups is 1. The molecule has 0 spiro atoms. The molecule has 0 aliphatic rings. The number of hydrogen-bond acceptors (Lipinski definition) is 2. The fourth-order valence-corrected chi connectivity index (χ4v) is 2.34. The van der Waals surface area contributed by atoms with Gasteiger partial charge < -0.3 is 15.4 Å². The number of benzene rings is 1. The fraction of sp³-hybridized carbons (Fsp3) is 0.611. The van der Waals surface area contributed by atoms with Crippen molar-refractivity contribution in [2.24, 2.45) is 10.4 Å². The average Bonchev–Trinajstić information content (AvgIpc) is 2.46. The number of guanidine groups is 1. The summed E-state index contributed by atoms with van der Waals surface area (Å²) in [7, 11) is 1.71. The Hall–Kier alpha value is -0.820. The highest BCUT2D eigenvalue weighted by molar-refractivity contribution is 14.0. The van der Waals surface area contributed by atoms with Crippen LogP contribution in [-0.2, 0) is 11.2 Å². The Labute approximate surface area is 158 Å². The summed E-state index contributed by atoms with van der Waals surface area (Å²) in [6.45, 7) is 11.0. The summed E-state index contributed by atoms with van der Waals surface area (Å²) in [5.41, 5.74) is 1.47. The largest absolute Gasteiger partial charge is 0.383 e. The maximum absolute atomic E-state index is 5.16. The minimum absolute atomic E-state index is 0. The van der Waals surface area contributed by atoms with Crippen molar-refractivity contribution >= 4 is 29.9 Å². The Morgan fingerprint density at radius 3 is 2.48 bits per heavy atom. The molecule has 0 aliphatic heterocycles. The van der Waals surface area contributed by atoms with Crippen molar-refractivity contribution in [3.05, 3.63) is 35.9 Å². The van der Waals surface area contributed by atoms with Gasteiger partial charge >= 0.3 is 0 Å². The summed E-state index contributed by atoms with van der Waals surface area (Å²) in [5, 5.41) is 6.66. The van der Waals surface area contributed by atoms with Gasteiger partial charge in [-0.3, -0.25) is 4.99 Å². The molecule has 1 rings (SSSR count). The first-order valence-electron chi connectivity index (χ1n) is 8.04. The van der Waals surface area contributed by atoms with Crippen LogP contribution in [0.25, 0.3) is 0 Å². The Morgan fingerprint density at radius 2 is 1.91 bits per heavy atom. The van der Waals surface area contributed by atoms with Crippen LogP contribution in [0.5, 0.6) is 0 Å². The van der Waals surface area contributed by atoms with Gasteiger partial charge in [-0.05, 0) is 31.2 Å². The van der Waals surface area contributed by atoms with Crippen LogP contribution in [0, 0.1) is 5.41 Å². The minimum Gasteiger partial charge on any atom is -0.383 e. The molecular weight excluding hydrogens is 401 g/mol. The summed E-state index contributed by atoms with van der Waals surface area (Å²) >= 11 is 0. The highest BCUT2D eigenvalue weighted by Crippen LogP contribution is 2.22. The molecule has 0 amide bonds. The molecule has 0 saturated heterocycles. The van der Waals surface area contributed by atoms with Crippen molar-refractivity contribution in [2.75, 3.05) is 26.8 Å². The number of nitrogens with one attached hydrogen (secondary N) is 2. The number of hydrogen-bond donors (Lipinski definition) is 2. The van der Waals surface area contributed by atoms with E-state index in [9.17, 15) is 0 Å². The summed E-state index contributed by atoms with van der Waals surface area (Å²) < 4.78 is 5.16. The Morgan fingerprint density at radius 1 is 1.26 bits per heavy atom. The molecule has 0 heterocycles. The van der Waals surface area contributed by atoms with Gasteiger partial charge in [-0.15, -0.1) is 24.0 Å². The molecule has 0 aromatic heterocycles. The lowest BCUT2D eigenvalue weighted by molar-refractivity contribution is 0.179. The molecule has 2 N–H and O–H groups in total. The smallest absolute Gasteiger partial charge is 0.191 e. The minimum atomic E-state index is 0. The van der Waals surface area contributed by atoms with Gasteiger partial charge in [0.1, 0.15) is 0 Å². The van der Waals surface area contributed by atoms with Crippen LogP contribution in [0.15, 0.2) is 35.3 Å². The molecule has 1 unspecified atom stereocenters. The van der Waals surface area contributed by atoms with Crippen molar-refractivity contribution < 1.29 is 4.74 Å². The van der Waals surface area contributed by atoms with E-state index in [0.717, 1.165) is 25.5 Å². The topological polar surface area (TPSA) is 45.7 Å².